The van der Waals surface area contributed by atoms with E-state index in [0.29, 0.717) is 22.3 Å². The van der Waals surface area contributed by atoms with Gasteiger partial charge in [-0.15, -0.1) is 0 Å². The number of benzene rings is 1. The van der Waals surface area contributed by atoms with Crippen LogP contribution < -0.4 is 45.3 Å². The molecule has 8 heteroatoms. The van der Waals surface area contributed by atoms with Crippen LogP contribution in [0, 0.1) is 12.3 Å². The van der Waals surface area contributed by atoms with Gasteiger partial charge in [0.25, 0.3) is 0 Å². The van der Waals surface area contributed by atoms with Crippen LogP contribution in [0.3, 0.4) is 0 Å². The van der Waals surface area contributed by atoms with Gasteiger partial charge in [-0.3, -0.25) is 9.78 Å². The molecule has 1 aromatic carbocycles. The van der Waals surface area contributed by atoms with Crippen LogP contribution in [-0.2, 0) is 4.79 Å². The van der Waals surface area contributed by atoms with Crippen LogP contribution in [0.4, 0.5) is 5.69 Å². The average molecular weight is 383 g/mol. The number of nitrogen functional groups attached to an aromatic ring is 1. The number of hydrogen-bond acceptors (Lipinski definition) is 5. The van der Waals surface area contributed by atoms with Gasteiger partial charge in [-0.05, 0) is 46.8 Å². The van der Waals surface area contributed by atoms with Gasteiger partial charge in [-0.1, -0.05) is 6.07 Å². The first-order chi connectivity index (χ1) is 12.0. The number of carbonyl (C=O) groups is 2. The molecule has 4 N–H and O–H groups in total. The second kappa shape index (κ2) is 8.91. The molecule has 0 aliphatic heterocycles. The Balaban J connectivity index is 0.00000364. The maximum atomic E-state index is 12.3. The minimum absolute atomic E-state index is 0. The summed E-state index contributed by atoms with van der Waals surface area (Å²) in [4.78, 5) is 28.1. The third-order valence-corrected chi connectivity index (χ3v) is 4.03. The zero-order chi connectivity index (χ0) is 19.6. The van der Waals surface area contributed by atoms with Crippen molar-refractivity contribution in [1.29, 1.82) is 0 Å². The first-order valence-electron chi connectivity index (χ1n) is 8.40. The Labute approximate surface area is 182 Å². The second-order valence-electron chi connectivity index (χ2n) is 7.24. The van der Waals surface area contributed by atoms with Crippen molar-refractivity contribution < 1.29 is 50.4 Å². The van der Waals surface area contributed by atoms with E-state index in [0.717, 1.165) is 0 Å². The van der Waals surface area contributed by atoms with Crippen LogP contribution in [0.25, 0.3) is 10.9 Å². The number of aromatic carboxylic acids is 1. The number of carboxylic acid groups (broad SMARTS) is 1. The van der Waals surface area contributed by atoms with Gasteiger partial charge in [0, 0.05) is 6.04 Å². The molecule has 2 aromatic rings. The van der Waals surface area contributed by atoms with Crippen LogP contribution in [0.2, 0.25) is 0 Å². The Morgan fingerprint density at radius 1 is 1.37 bits per heavy atom. The van der Waals surface area contributed by atoms with Crippen molar-refractivity contribution >= 4 is 28.5 Å². The Kier molecular flexibility index (Phi) is 7.66. The molecule has 0 saturated carbocycles. The van der Waals surface area contributed by atoms with Crippen molar-refractivity contribution in [3.8, 4) is 5.75 Å². The largest absolute Gasteiger partial charge is 1.00 e. The van der Waals surface area contributed by atoms with Gasteiger partial charge in [0.05, 0.1) is 27.7 Å². The van der Waals surface area contributed by atoms with Crippen LogP contribution in [0.1, 0.15) is 45.2 Å². The predicted octanol–water partition coefficient (Wildman–Crippen LogP) is -0.130. The van der Waals surface area contributed by atoms with Crippen molar-refractivity contribution in [3.63, 3.8) is 0 Å². The molecule has 0 fully saturated rings. The maximum Gasteiger partial charge on any atom is 1.00 e. The van der Waals surface area contributed by atoms with E-state index < -0.39 is 11.4 Å². The van der Waals surface area contributed by atoms with E-state index in [9.17, 15) is 14.7 Å². The molecule has 0 radical (unpaired) electrons. The summed E-state index contributed by atoms with van der Waals surface area (Å²) in [7, 11) is 0. The fourth-order valence-corrected chi connectivity index (χ4v) is 2.61. The van der Waals surface area contributed by atoms with E-state index in [4.69, 9.17) is 10.5 Å². The Hall–Kier alpha value is -1.83. The maximum absolute atomic E-state index is 12.3. The first-order valence-corrected chi connectivity index (χ1v) is 8.40. The summed E-state index contributed by atoms with van der Waals surface area (Å²) in [5.41, 5.74) is 6.30. The van der Waals surface area contributed by atoms with E-state index in [2.05, 4.69) is 10.3 Å². The zero-order valence-corrected chi connectivity index (χ0v) is 18.7. The van der Waals surface area contributed by atoms with Crippen LogP contribution in [0.5, 0.6) is 5.75 Å². The van der Waals surface area contributed by atoms with Gasteiger partial charge >= 0.3 is 35.5 Å². The molecule has 1 aromatic heterocycles. The van der Waals surface area contributed by atoms with E-state index >= 15 is 0 Å². The van der Waals surface area contributed by atoms with E-state index in [-0.39, 0.29) is 60.8 Å². The molecule has 0 saturated heterocycles. The van der Waals surface area contributed by atoms with Crippen molar-refractivity contribution in [2.75, 3.05) is 12.3 Å². The molecule has 1 amide bonds. The van der Waals surface area contributed by atoms with Crippen molar-refractivity contribution in [3.05, 3.63) is 29.5 Å². The summed E-state index contributed by atoms with van der Waals surface area (Å²) in [5, 5.41) is 12.7. The quantitative estimate of drug-likeness (QED) is 0.599. The molecule has 1 heterocycles. The van der Waals surface area contributed by atoms with Gasteiger partial charge in [-0.25, -0.2) is 4.79 Å². The number of hydrogen-bond donors (Lipinski definition) is 3. The summed E-state index contributed by atoms with van der Waals surface area (Å²) in [6.45, 7) is 9.06. The molecule has 0 spiro atoms. The molecular weight excluding hydrogens is 357 g/mol. The number of nitrogens with one attached hydrogen (secondary N) is 1. The number of fused-ring (bicyclic) bond motifs is 1. The van der Waals surface area contributed by atoms with E-state index in [1.807, 2.05) is 13.8 Å². The minimum atomic E-state index is -1.14. The molecule has 142 valence electrons. The van der Waals surface area contributed by atoms with Crippen LogP contribution in [0.15, 0.2) is 18.2 Å². The van der Waals surface area contributed by atoms with Gasteiger partial charge in [-0.2, -0.15) is 0 Å². The predicted molar refractivity (Wildman–Crippen MR) is 102 cm³/mol. The van der Waals surface area contributed by atoms with Crippen molar-refractivity contribution in [1.82, 2.24) is 10.3 Å². The molecule has 0 bridgehead atoms. The fraction of sp³-hybridized carbons (Fsp3) is 0.421. The molecule has 0 aliphatic rings. The van der Waals surface area contributed by atoms with Gasteiger partial charge in [0.1, 0.15) is 17.9 Å². The fourth-order valence-electron chi connectivity index (χ4n) is 2.61. The van der Waals surface area contributed by atoms with E-state index in [1.54, 1.807) is 39.0 Å². The Morgan fingerprint density at radius 3 is 2.56 bits per heavy atom. The summed E-state index contributed by atoms with van der Waals surface area (Å²) < 4.78 is 5.87. The van der Waals surface area contributed by atoms with Gasteiger partial charge < -0.3 is 22.3 Å². The molecule has 2 rings (SSSR count). The summed E-state index contributed by atoms with van der Waals surface area (Å²) in [6, 6.07) is 5.22. The number of carboxylic acids is 1. The smallest absolute Gasteiger partial charge is 1.00 e. The second-order valence-corrected chi connectivity index (χ2v) is 7.24. The monoisotopic (exact) mass is 383 g/mol. The normalized spacial score (nSPS) is 11.2. The zero-order valence-electron chi connectivity index (χ0n) is 17.7. The molecule has 27 heavy (non-hydrogen) atoms. The number of carbonyl (C=O) groups excluding carboxylic acids is 1. The molecule has 0 aliphatic carbocycles. The number of aryl methyl sites for hydroxylation is 1. The number of aromatic nitrogens is 1. The van der Waals surface area contributed by atoms with Crippen LogP contribution >= 0.6 is 0 Å². The standard InChI is InChI=1S/C19H25N3O4.Na.H/c1-10(2)21-18(25)19(4,5)9-26-13-8-6-7-12-15(13)16(20)14(17(23)24)11(3)22-12;;/h6-8,10H,9H2,1-5H3,(H2,20,22)(H,21,25)(H,23,24);;/q;+1;-1. The van der Waals surface area contributed by atoms with E-state index in [1.165, 1.54) is 0 Å². The topological polar surface area (TPSA) is 115 Å². The molecular formula is C19H26N3NaO4. The molecule has 0 atom stereocenters. The number of ether oxygens (including phenoxy) is 1. The third kappa shape index (κ3) is 5.12. The first kappa shape index (κ1) is 23.2. The summed E-state index contributed by atoms with van der Waals surface area (Å²) >= 11 is 0. The average Bonchev–Trinajstić information content (AvgIpc) is 2.51. The van der Waals surface area contributed by atoms with Crippen molar-refractivity contribution in [2.24, 2.45) is 5.41 Å². The Bertz CT molecular complexity index is 872. The number of amides is 1. The molecule has 0 unspecified atom stereocenters. The summed E-state index contributed by atoms with van der Waals surface area (Å²) in [6.07, 6.45) is 0. The molecule has 7 nitrogen and oxygen atoms in total. The van der Waals surface area contributed by atoms with Crippen LogP contribution in [-0.4, -0.2) is 34.6 Å². The van der Waals surface area contributed by atoms with Crippen molar-refractivity contribution in [2.45, 2.75) is 40.7 Å². The SMILES string of the molecule is Cc1nc2cccc(OCC(C)(C)C(=O)NC(C)C)c2c(N)c1C(=O)O.[H-].[Na+]. The third-order valence-electron chi connectivity index (χ3n) is 4.03. The Morgan fingerprint density at radius 2 is 2.00 bits per heavy atom. The van der Waals surface area contributed by atoms with Gasteiger partial charge in [0.15, 0.2) is 0 Å². The number of rotatable bonds is 6. The number of anilines is 1. The number of nitrogens with two attached hydrogens (primary N) is 1. The summed E-state index contributed by atoms with van der Waals surface area (Å²) in [5.74, 6) is -0.859. The minimum Gasteiger partial charge on any atom is -1.00 e. The van der Waals surface area contributed by atoms with Gasteiger partial charge in [0.2, 0.25) is 5.91 Å². The number of pyridine rings is 1. The number of nitrogens with zero attached hydrogens (tertiary/aromatic N) is 1.